The van der Waals surface area contributed by atoms with Crippen molar-refractivity contribution in [3.63, 3.8) is 0 Å². The molecule has 2 heterocycles. The minimum atomic E-state index is 0.0873. The van der Waals surface area contributed by atoms with E-state index in [1.165, 1.54) is 0 Å². The van der Waals surface area contributed by atoms with Crippen molar-refractivity contribution in [2.24, 2.45) is 13.0 Å². The molecule has 1 N–H and O–H groups in total. The van der Waals surface area contributed by atoms with E-state index in [4.69, 9.17) is 4.74 Å². The number of aryl methyl sites for hydroxylation is 1. The Hall–Kier alpha value is -1.40. The molecule has 6 nitrogen and oxygen atoms in total. The van der Waals surface area contributed by atoms with Gasteiger partial charge in [0.15, 0.2) is 0 Å². The Morgan fingerprint density at radius 2 is 2.24 bits per heavy atom. The van der Waals surface area contributed by atoms with Gasteiger partial charge in [-0.05, 0) is 26.8 Å². The molecule has 0 aromatic carbocycles. The molecule has 6 heteroatoms. The molecule has 1 aromatic rings. The third kappa shape index (κ3) is 3.83. The van der Waals surface area contributed by atoms with Crippen LogP contribution in [0.2, 0.25) is 0 Å². The maximum Gasteiger partial charge on any atom is 0.224 e. The first kappa shape index (κ1) is 16.0. The minimum absolute atomic E-state index is 0.0873. The van der Waals surface area contributed by atoms with Crippen LogP contribution in [0, 0.1) is 19.8 Å². The smallest absolute Gasteiger partial charge is 0.224 e. The lowest BCUT2D eigenvalue weighted by Gasteiger charge is -2.15. The fourth-order valence-electron chi connectivity index (χ4n) is 2.72. The summed E-state index contributed by atoms with van der Waals surface area (Å²) in [4.78, 5) is 19.0. The van der Waals surface area contributed by atoms with E-state index in [0.29, 0.717) is 6.54 Å². The predicted molar refractivity (Wildman–Crippen MR) is 81.0 cm³/mol. The quantitative estimate of drug-likeness (QED) is 0.835. The third-order valence-corrected chi connectivity index (χ3v) is 4.39. The molecule has 0 unspecified atom stereocenters. The Morgan fingerprint density at radius 3 is 2.86 bits per heavy atom. The highest BCUT2D eigenvalue weighted by atomic mass is 16.5. The molecule has 1 saturated heterocycles. The topological polar surface area (TPSA) is 59.4 Å². The first-order valence-corrected chi connectivity index (χ1v) is 7.50. The number of aromatic nitrogens is 2. The van der Waals surface area contributed by atoms with Gasteiger partial charge in [0.25, 0.3) is 0 Å². The molecule has 1 aromatic heterocycles. The maximum atomic E-state index is 12.2. The van der Waals surface area contributed by atoms with Gasteiger partial charge in [0.1, 0.15) is 5.82 Å². The van der Waals surface area contributed by atoms with Crippen LogP contribution < -0.4 is 5.32 Å². The van der Waals surface area contributed by atoms with Gasteiger partial charge in [0.05, 0.1) is 24.8 Å². The van der Waals surface area contributed by atoms with Crippen molar-refractivity contribution in [1.82, 2.24) is 19.8 Å². The Kier molecular flexibility index (Phi) is 5.36. The van der Waals surface area contributed by atoms with Gasteiger partial charge in [-0.2, -0.15) is 0 Å². The van der Waals surface area contributed by atoms with Gasteiger partial charge < -0.3 is 19.5 Å². The van der Waals surface area contributed by atoms with Crippen LogP contribution in [0.1, 0.15) is 23.6 Å². The first-order valence-electron chi connectivity index (χ1n) is 7.50. The number of imidazole rings is 1. The Balaban J connectivity index is 1.81. The molecule has 1 fully saturated rings. The molecule has 1 atom stereocenters. The lowest BCUT2D eigenvalue weighted by atomic mass is 10.1. The fourth-order valence-corrected chi connectivity index (χ4v) is 2.72. The van der Waals surface area contributed by atoms with Crippen LogP contribution >= 0.6 is 0 Å². The van der Waals surface area contributed by atoms with Crippen molar-refractivity contribution in [3.05, 3.63) is 17.2 Å². The standard InChI is InChI=1S/C15H26N4O2/c1-11-12(2)18(3)14(17-11)9-16-15(20)13-5-6-19(10-13)7-8-21-4/h13H,5-10H2,1-4H3,(H,16,20)/t13-/m0/s1. The highest BCUT2D eigenvalue weighted by molar-refractivity contribution is 5.79. The number of carbonyl (C=O) groups is 1. The largest absolute Gasteiger partial charge is 0.383 e. The number of rotatable bonds is 6. The number of ether oxygens (including phenoxy) is 1. The van der Waals surface area contributed by atoms with Crippen molar-refractivity contribution in [1.29, 1.82) is 0 Å². The Morgan fingerprint density at radius 1 is 1.48 bits per heavy atom. The van der Waals surface area contributed by atoms with Crippen LogP contribution in [0.5, 0.6) is 0 Å². The number of hydrogen-bond donors (Lipinski definition) is 1. The van der Waals surface area contributed by atoms with Crippen molar-refractivity contribution >= 4 is 5.91 Å². The molecule has 0 aliphatic carbocycles. The van der Waals surface area contributed by atoms with Crippen LogP contribution in [-0.2, 0) is 23.1 Å². The molecule has 2 rings (SSSR count). The molecule has 118 valence electrons. The highest BCUT2D eigenvalue weighted by Gasteiger charge is 2.27. The summed E-state index contributed by atoms with van der Waals surface area (Å²) in [7, 11) is 3.69. The van der Waals surface area contributed by atoms with E-state index in [0.717, 1.165) is 49.9 Å². The minimum Gasteiger partial charge on any atom is -0.383 e. The Labute approximate surface area is 126 Å². The molecule has 0 saturated carbocycles. The molecule has 0 spiro atoms. The zero-order valence-electron chi connectivity index (χ0n) is 13.5. The number of carbonyl (C=O) groups excluding carboxylic acids is 1. The molecule has 0 bridgehead atoms. The third-order valence-electron chi connectivity index (χ3n) is 4.39. The molecule has 21 heavy (non-hydrogen) atoms. The molecule has 1 aliphatic rings. The molecule has 1 amide bonds. The van der Waals surface area contributed by atoms with Gasteiger partial charge in [0.2, 0.25) is 5.91 Å². The second-order valence-electron chi connectivity index (χ2n) is 5.75. The lowest BCUT2D eigenvalue weighted by molar-refractivity contribution is -0.124. The molecular formula is C15H26N4O2. The summed E-state index contributed by atoms with van der Waals surface area (Å²) in [5, 5.41) is 3.02. The van der Waals surface area contributed by atoms with Crippen LogP contribution in [0.4, 0.5) is 0 Å². The van der Waals surface area contributed by atoms with Gasteiger partial charge in [-0.3, -0.25) is 4.79 Å². The van der Waals surface area contributed by atoms with Crippen LogP contribution in [-0.4, -0.2) is 53.7 Å². The number of nitrogens with zero attached hydrogens (tertiary/aromatic N) is 3. The SMILES string of the molecule is COCCN1CC[C@H](C(=O)NCc2nc(C)c(C)n2C)C1. The van der Waals surface area contributed by atoms with E-state index < -0.39 is 0 Å². The first-order chi connectivity index (χ1) is 10.0. The van der Waals surface area contributed by atoms with Crippen LogP contribution in [0.3, 0.4) is 0 Å². The number of methoxy groups -OCH3 is 1. The summed E-state index contributed by atoms with van der Waals surface area (Å²) in [6.07, 6.45) is 0.925. The zero-order valence-corrected chi connectivity index (χ0v) is 13.5. The maximum absolute atomic E-state index is 12.2. The van der Waals surface area contributed by atoms with Gasteiger partial charge in [-0.25, -0.2) is 4.98 Å². The average molecular weight is 294 g/mol. The van der Waals surface area contributed by atoms with E-state index in [9.17, 15) is 4.79 Å². The lowest BCUT2D eigenvalue weighted by Crippen LogP contribution is -2.33. The average Bonchev–Trinajstić information content (AvgIpc) is 3.04. The number of amides is 1. The summed E-state index contributed by atoms with van der Waals surface area (Å²) >= 11 is 0. The monoisotopic (exact) mass is 294 g/mol. The van der Waals surface area contributed by atoms with Gasteiger partial charge in [-0.1, -0.05) is 0 Å². The number of likely N-dealkylation sites (tertiary alicyclic amines) is 1. The van der Waals surface area contributed by atoms with E-state index in [1.54, 1.807) is 7.11 Å². The van der Waals surface area contributed by atoms with Crippen molar-refractivity contribution < 1.29 is 9.53 Å². The van der Waals surface area contributed by atoms with Gasteiger partial charge in [0, 0.05) is 32.9 Å². The summed E-state index contributed by atoms with van der Waals surface area (Å²) in [5.41, 5.74) is 2.17. The summed E-state index contributed by atoms with van der Waals surface area (Å²) in [5.74, 6) is 1.13. The van der Waals surface area contributed by atoms with Gasteiger partial charge in [-0.15, -0.1) is 0 Å². The van der Waals surface area contributed by atoms with Crippen molar-refractivity contribution in [3.8, 4) is 0 Å². The van der Waals surface area contributed by atoms with E-state index in [-0.39, 0.29) is 11.8 Å². The van der Waals surface area contributed by atoms with E-state index in [2.05, 4.69) is 15.2 Å². The number of nitrogens with one attached hydrogen (secondary N) is 1. The van der Waals surface area contributed by atoms with Crippen molar-refractivity contribution in [2.45, 2.75) is 26.8 Å². The summed E-state index contributed by atoms with van der Waals surface area (Å²) in [6.45, 7) is 7.95. The second kappa shape index (κ2) is 7.04. The van der Waals surface area contributed by atoms with E-state index in [1.807, 2.05) is 25.5 Å². The summed E-state index contributed by atoms with van der Waals surface area (Å²) in [6, 6.07) is 0. The predicted octanol–water partition coefficient (Wildman–Crippen LogP) is 0.621. The van der Waals surface area contributed by atoms with E-state index >= 15 is 0 Å². The zero-order chi connectivity index (χ0) is 15.4. The van der Waals surface area contributed by atoms with Crippen LogP contribution in [0.15, 0.2) is 0 Å². The molecular weight excluding hydrogens is 268 g/mol. The normalized spacial score (nSPS) is 19.1. The van der Waals surface area contributed by atoms with Crippen molar-refractivity contribution in [2.75, 3.05) is 33.4 Å². The molecule has 1 aliphatic heterocycles. The second-order valence-corrected chi connectivity index (χ2v) is 5.75. The van der Waals surface area contributed by atoms with Gasteiger partial charge >= 0.3 is 0 Å². The number of hydrogen-bond acceptors (Lipinski definition) is 4. The summed E-state index contributed by atoms with van der Waals surface area (Å²) < 4.78 is 7.12. The van der Waals surface area contributed by atoms with Crippen LogP contribution in [0.25, 0.3) is 0 Å². The highest BCUT2D eigenvalue weighted by Crippen LogP contribution is 2.16. The molecule has 0 radical (unpaired) electrons. The fraction of sp³-hybridized carbons (Fsp3) is 0.733. The Bertz CT molecular complexity index is 498.